The first-order valence-electron chi connectivity index (χ1n) is 2.86. The van der Waals surface area contributed by atoms with Crippen molar-refractivity contribution in [3.05, 3.63) is 42.3 Å². The predicted octanol–water partition coefficient (Wildman–Crippen LogP) is 1.46. The molecule has 58 valence electrons. The molecule has 0 atom stereocenters. The van der Waals surface area contributed by atoms with Crippen molar-refractivity contribution in [1.29, 1.82) is 0 Å². The Morgan fingerprint density at radius 3 is 2.27 bits per heavy atom. The van der Waals surface area contributed by atoms with E-state index < -0.39 is 0 Å². The van der Waals surface area contributed by atoms with Gasteiger partial charge in [-0.15, -0.1) is 0 Å². The van der Waals surface area contributed by atoms with Crippen LogP contribution in [0.4, 0.5) is 0 Å². The van der Waals surface area contributed by atoms with Gasteiger partial charge in [-0.05, 0) is 0 Å². The summed E-state index contributed by atoms with van der Waals surface area (Å²) in [4.78, 5) is 10.7. The summed E-state index contributed by atoms with van der Waals surface area (Å²) >= 11 is 0. The molecule has 11 heavy (non-hydrogen) atoms. The van der Waals surface area contributed by atoms with Crippen LogP contribution in [0.1, 0.15) is 10.4 Å². The molecular weight excluding hydrogens is 188 g/mol. The molecule has 0 aromatic heterocycles. The van der Waals surface area contributed by atoms with Crippen molar-refractivity contribution in [3.63, 3.8) is 0 Å². The van der Waals surface area contributed by atoms with Crippen molar-refractivity contribution in [2.24, 2.45) is 0 Å². The van der Waals surface area contributed by atoms with E-state index in [0.717, 1.165) is 0 Å². The Kier molecular flexibility index (Phi) is 4.29. The van der Waals surface area contributed by atoms with Crippen molar-refractivity contribution < 1.29 is 21.9 Å². The molecule has 0 N–H and O–H groups in total. The fourth-order valence-electron chi connectivity index (χ4n) is 0.662. The maximum Gasteiger partial charge on any atom is 1.00 e. The smallest absolute Gasteiger partial charge is 0.392 e. The SMILES string of the molecule is [C-]#CC(=O)c1ccccc1.[Cu+]. The first kappa shape index (κ1) is 9.97. The molecule has 0 saturated heterocycles. The first-order chi connectivity index (χ1) is 4.84. The van der Waals surface area contributed by atoms with Crippen LogP contribution in [-0.4, -0.2) is 5.78 Å². The quantitative estimate of drug-likeness (QED) is 0.285. The van der Waals surface area contributed by atoms with Gasteiger partial charge < -0.3 is 11.2 Å². The normalized spacial score (nSPS) is 7.55. The van der Waals surface area contributed by atoms with Crippen LogP contribution >= 0.6 is 0 Å². The van der Waals surface area contributed by atoms with Gasteiger partial charge in [0.1, 0.15) is 0 Å². The molecule has 0 amide bonds. The molecule has 0 radical (unpaired) electrons. The summed E-state index contributed by atoms with van der Waals surface area (Å²) in [5.41, 5.74) is 0.512. The van der Waals surface area contributed by atoms with Gasteiger partial charge in [0.15, 0.2) is 0 Å². The van der Waals surface area contributed by atoms with Gasteiger partial charge in [-0.25, -0.2) is 0 Å². The molecule has 0 aliphatic rings. The third-order valence-corrected chi connectivity index (χ3v) is 1.15. The summed E-state index contributed by atoms with van der Waals surface area (Å²) < 4.78 is 0. The molecule has 0 unspecified atom stereocenters. The van der Waals surface area contributed by atoms with Gasteiger partial charge in [0, 0.05) is 0 Å². The monoisotopic (exact) mass is 192 g/mol. The molecule has 0 aliphatic heterocycles. The number of rotatable bonds is 1. The van der Waals surface area contributed by atoms with Crippen LogP contribution in [-0.2, 0) is 17.1 Å². The van der Waals surface area contributed by atoms with Crippen LogP contribution < -0.4 is 0 Å². The van der Waals surface area contributed by atoms with Gasteiger partial charge in [0.05, 0.1) is 5.78 Å². The Bertz CT molecular complexity index is 271. The predicted molar refractivity (Wildman–Crippen MR) is 37.9 cm³/mol. The maximum atomic E-state index is 10.7. The minimum Gasteiger partial charge on any atom is -0.392 e. The van der Waals surface area contributed by atoms with Crippen LogP contribution in [0.15, 0.2) is 30.3 Å². The van der Waals surface area contributed by atoms with E-state index in [9.17, 15) is 4.79 Å². The number of hydrogen-bond acceptors (Lipinski definition) is 1. The zero-order valence-corrected chi connectivity index (χ0v) is 6.54. The number of benzene rings is 1. The molecule has 1 aromatic carbocycles. The van der Waals surface area contributed by atoms with Crippen molar-refractivity contribution in [3.8, 4) is 5.92 Å². The molecule has 0 fully saturated rings. The Morgan fingerprint density at radius 1 is 1.27 bits per heavy atom. The van der Waals surface area contributed by atoms with Crippen molar-refractivity contribution in [1.82, 2.24) is 0 Å². The Labute approximate surface area is 76.3 Å². The molecule has 0 bridgehead atoms. The summed E-state index contributed by atoms with van der Waals surface area (Å²) in [6, 6.07) is 8.64. The van der Waals surface area contributed by atoms with Gasteiger partial charge in [-0.1, -0.05) is 35.9 Å². The van der Waals surface area contributed by atoms with E-state index in [4.69, 9.17) is 6.42 Å². The van der Waals surface area contributed by atoms with Gasteiger partial charge in [0.2, 0.25) is 0 Å². The molecule has 1 aromatic rings. The molecule has 1 nitrogen and oxygen atoms in total. The average Bonchev–Trinajstić information content (AvgIpc) is 2.05. The minimum absolute atomic E-state index is 0. The third-order valence-electron chi connectivity index (χ3n) is 1.15. The number of hydrogen-bond donors (Lipinski definition) is 0. The van der Waals surface area contributed by atoms with E-state index in [-0.39, 0.29) is 22.9 Å². The Balaban J connectivity index is 0.000001000. The zero-order valence-electron chi connectivity index (χ0n) is 5.60. The number of carbonyl (C=O) groups is 1. The number of ketones is 1. The molecule has 0 saturated carbocycles. The van der Waals surface area contributed by atoms with Crippen molar-refractivity contribution in [2.45, 2.75) is 0 Å². The first-order valence-corrected chi connectivity index (χ1v) is 2.86. The standard InChI is InChI=1S/C9H5O.Cu/c1-2-9(10)8-6-4-3-5-7-8;/h3-7H;/q-1;+1. The zero-order chi connectivity index (χ0) is 7.40. The number of carbonyl (C=O) groups excluding carboxylic acids is 1. The molecule has 0 spiro atoms. The van der Waals surface area contributed by atoms with Gasteiger partial charge in [-0.3, -0.25) is 5.92 Å². The third kappa shape index (κ3) is 2.59. The van der Waals surface area contributed by atoms with Crippen LogP contribution in [0.2, 0.25) is 0 Å². The van der Waals surface area contributed by atoms with Crippen molar-refractivity contribution >= 4 is 5.78 Å². The van der Waals surface area contributed by atoms with Crippen LogP contribution in [0, 0.1) is 12.3 Å². The fraction of sp³-hybridized carbons (Fsp3) is 0. The van der Waals surface area contributed by atoms with E-state index in [0.29, 0.717) is 5.56 Å². The van der Waals surface area contributed by atoms with Crippen LogP contribution in [0.25, 0.3) is 0 Å². The summed E-state index contributed by atoms with van der Waals surface area (Å²) in [5.74, 6) is 1.42. The molecular formula is C9H5CuO. The molecule has 1 rings (SSSR count). The van der Waals surface area contributed by atoms with Crippen LogP contribution in [0.5, 0.6) is 0 Å². The second kappa shape index (κ2) is 4.73. The molecule has 2 heteroatoms. The second-order valence-electron chi connectivity index (χ2n) is 1.82. The Hall–Kier alpha value is -1.03. The number of Topliss-reactive ketones (excluding diaryl/α,β-unsaturated/α-hetero) is 1. The second-order valence-corrected chi connectivity index (χ2v) is 1.82. The van der Waals surface area contributed by atoms with E-state index in [1.165, 1.54) is 0 Å². The van der Waals surface area contributed by atoms with Crippen LogP contribution in [0.3, 0.4) is 0 Å². The fourth-order valence-corrected chi connectivity index (χ4v) is 0.662. The summed E-state index contributed by atoms with van der Waals surface area (Å²) in [6.07, 6.45) is 6.55. The van der Waals surface area contributed by atoms with E-state index in [1.807, 2.05) is 6.07 Å². The molecule has 0 aliphatic carbocycles. The van der Waals surface area contributed by atoms with Gasteiger partial charge >= 0.3 is 17.1 Å². The summed E-state index contributed by atoms with van der Waals surface area (Å²) in [7, 11) is 0. The largest absolute Gasteiger partial charge is 1.00 e. The minimum atomic E-state index is -0.374. The summed E-state index contributed by atoms with van der Waals surface area (Å²) in [6.45, 7) is 0. The van der Waals surface area contributed by atoms with E-state index in [1.54, 1.807) is 30.2 Å². The van der Waals surface area contributed by atoms with Gasteiger partial charge in [-0.2, -0.15) is 0 Å². The maximum absolute atomic E-state index is 10.7. The van der Waals surface area contributed by atoms with E-state index >= 15 is 0 Å². The Morgan fingerprint density at radius 2 is 1.82 bits per heavy atom. The summed E-state index contributed by atoms with van der Waals surface area (Å²) in [5, 5.41) is 0. The average molecular weight is 193 g/mol. The molecule has 0 heterocycles. The van der Waals surface area contributed by atoms with E-state index in [2.05, 4.69) is 0 Å². The topological polar surface area (TPSA) is 17.1 Å². The van der Waals surface area contributed by atoms with Crippen molar-refractivity contribution in [2.75, 3.05) is 0 Å². The van der Waals surface area contributed by atoms with Gasteiger partial charge in [0.25, 0.3) is 0 Å².